The van der Waals surface area contributed by atoms with Crippen molar-refractivity contribution in [2.24, 2.45) is 5.10 Å². The SMILES string of the molecule is CC(C)(C(=O)N1CCCC1)c1cccc(C2=NN(c3ccc(F)cc3F)Cc3ccccc32)c1. The first-order chi connectivity index (χ1) is 16.3. The molecule has 2 aliphatic rings. The van der Waals surface area contributed by atoms with Crippen LogP contribution in [0.1, 0.15) is 48.9 Å². The lowest BCUT2D eigenvalue weighted by molar-refractivity contribution is -0.135. The fraction of sp³-hybridized carbons (Fsp3) is 0.286. The zero-order valence-corrected chi connectivity index (χ0v) is 19.4. The van der Waals surface area contributed by atoms with Crippen LogP contribution >= 0.6 is 0 Å². The van der Waals surface area contributed by atoms with E-state index in [0.717, 1.165) is 54.3 Å². The van der Waals surface area contributed by atoms with Gasteiger partial charge in [0.15, 0.2) is 5.82 Å². The van der Waals surface area contributed by atoms with E-state index in [0.29, 0.717) is 12.3 Å². The number of likely N-dealkylation sites (tertiary alicyclic amines) is 1. The molecule has 0 aliphatic carbocycles. The summed E-state index contributed by atoms with van der Waals surface area (Å²) >= 11 is 0. The highest BCUT2D eigenvalue weighted by Crippen LogP contribution is 2.32. The van der Waals surface area contributed by atoms with Gasteiger partial charge in [0.25, 0.3) is 0 Å². The summed E-state index contributed by atoms with van der Waals surface area (Å²) in [4.78, 5) is 15.2. The first-order valence-corrected chi connectivity index (χ1v) is 11.6. The van der Waals surface area contributed by atoms with Crippen LogP contribution in [0.4, 0.5) is 14.5 Å². The Morgan fingerprint density at radius 3 is 2.47 bits per heavy atom. The summed E-state index contributed by atoms with van der Waals surface area (Å²) in [5.74, 6) is -1.16. The number of halogens is 2. The summed E-state index contributed by atoms with van der Waals surface area (Å²) in [5, 5.41) is 6.36. The number of nitrogens with zero attached hydrogens (tertiary/aromatic N) is 3. The van der Waals surface area contributed by atoms with Gasteiger partial charge < -0.3 is 4.90 Å². The molecule has 6 heteroatoms. The van der Waals surface area contributed by atoms with Gasteiger partial charge in [-0.25, -0.2) is 8.78 Å². The van der Waals surface area contributed by atoms with E-state index in [1.54, 1.807) is 5.01 Å². The van der Waals surface area contributed by atoms with Gasteiger partial charge in [0, 0.05) is 30.3 Å². The van der Waals surface area contributed by atoms with Gasteiger partial charge in [-0.2, -0.15) is 5.10 Å². The standard InChI is InChI=1S/C28H27F2N3O/c1-28(2,27(34)32-14-5-6-15-32)21-10-7-9-19(16-21)26-23-11-4-3-8-20(23)18-33(31-26)25-13-12-22(29)17-24(25)30/h3-4,7-13,16-17H,5-6,14-15,18H2,1-2H3. The molecule has 1 fully saturated rings. The molecular weight excluding hydrogens is 432 g/mol. The Kier molecular flexibility index (Phi) is 5.68. The molecule has 174 valence electrons. The Hall–Kier alpha value is -3.54. The molecule has 0 saturated carbocycles. The Morgan fingerprint density at radius 2 is 1.71 bits per heavy atom. The summed E-state index contributed by atoms with van der Waals surface area (Å²) in [6.45, 7) is 5.91. The molecule has 0 atom stereocenters. The highest BCUT2D eigenvalue weighted by molar-refractivity contribution is 6.15. The van der Waals surface area contributed by atoms with E-state index in [-0.39, 0.29) is 11.6 Å². The average Bonchev–Trinajstić information content (AvgIpc) is 3.38. The van der Waals surface area contributed by atoms with Crippen molar-refractivity contribution in [1.82, 2.24) is 4.90 Å². The Morgan fingerprint density at radius 1 is 0.941 bits per heavy atom. The molecule has 0 N–H and O–H groups in total. The summed E-state index contributed by atoms with van der Waals surface area (Å²) in [7, 11) is 0. The first-order valence-electron chi connectivity index (χ1n) is 11.6. The van der Waals surface area contributed by atoms with Crippen molar-refractivity contribution in [3.63, 3.8) is 0 Å². The van der Waals surface area contributed by atoms with Gasteiger partial charge in [0.05, 0.1) is 23.4 Å². The topological polar surface area (TPSA) is 35.9 Å². The van der Waals surface area contributed by atoms with Gasteiger partial charge in [-0.1, -0.05) is 42.5 Å². The van der Waals surface area contributed by atoms with Gasteiger partial charge in [-0.15, -0.1) is 0 Å². The van der Waals surface area contributed by atoms with Crippen LogP contribution in [0.2, 0.25) is 0 Å². The van der Waals surface area contributed by atoms with Crippen LogP contribution < -0.4 is 5.01 Å². The van der Waals surface area contributed by atoms with Crippen LogP contribution in [0.3, 0.4) is 0 Å². The van der Waals surface area contributed by atoms with Gasteiger partial charge >= 0.3 is 0 Å². The predicted octanol–water partition coefficient (Wildman–Crippen LogP) is 5.64. The molecule has 4 nitrogen and oxygen atoms in total. The maximum absolute atomic E-state index is 14.6. The molecule has 2 heterocycles. The molecule has 3 aromatic carbocycles. The fourth-order valence-electron chi connectivity index (χ4n) is 4.80. The molecule has 0 radical (unpaired) electrons. The van der Waals surface area contributed by atoms with Crippen LogP contribution in [0.15, 0.2) is 71.8 Å². The number of hydrogen-bond acceptors (Lipinski definition) is 3. The first kappa shape index (κ1) is 22.3. The van der Waals surface area contributed by atoms with Crippen LogP contribution in [-0.4, -0.2) is 29.6 Å². The Labute approximate surface area is 198 Å². The lowest BCUT2D eigenvalue weighted by Gasteiger charge is -2.31. The number of anilines is 1. The molecule has 0 aromatic heterocycles. The minimum atomic E-state index is -0.683. The van der Waals surface area contributed by atoms with Crippen molar-refractivity contribution in [3.8, 4) is 0 Å². The minimum absolute atomic E-state index is 0.128. The number of carbonyl (C=O) groups is 1. The molecule has 1 amide bonds. The molecule has 0 spiro atoms. The summed E-state index contributed by atoms with van der Waals surface area (Å²) in [5.41, 5.74) is 3.94. The molecule has 34 heavy (non-hydrogen) atoms. The third kappa shape index (κ3) is 3.98. The van der Waals surface area contributed by atoms with Crippen molar-refractivity contribution < 1.29 is 13.6 Å². The highest BCUT2D eigenvalue weighted by atomic mass is 19.1. The lowest BCUT2D eigenvalue weighted by atomic mass is 9.81. The van der Waals surface area contributed by atoms with Crippen molar-refractivity contribution in [1.29, 1.82) is 0 Å². The molecule has 0 unspecified atom stereocenters. The number of hydrazone groups is 1. The van der Waals surface area contributed by atoms with Crippen LogP contribution in [0, 0.1) is 11.6 Å². The Balaban J connectivity index is 1.57. The number of rotatable bonds is 4. The van der Waals surface area contributed by atoms with E-state index in [4.69, 9.17) is 5.10 Å². The quantitative estimate of drug-likeness (QED) is 0.506. The number of fused-ring (bicyclic) bond motifs is 1. The number of benzene rings is 3. The van der Waals surface area contributed by atoms with E-state index >= 15 is 0 Å². The number of carbonyl (C=O) groups excluding carboxylic acids is 1. The monoisotopic (exact) mass is 459 g/mol. The zero-order chi connectivity index (χ0) is 23.9. The average molecular weight is 460 g/mol. The highest BCUT2D eigenvalue weighted by Gasteiger charge is 2.35. The normalized spacial score (nSPS) is 15.8. The van der Waals surface area contributed by atoms with Crippen LogP contribution in [-0.2, 0) is 16.8 Å². The van der Waals surface area contributed by atoms with Gasteiger partial charge in [-0.05, 0) is 56.0 Å². The zero-order valence-electron chi connectivity index (χ0n) is 19.4. The van der Waals surface area contributed by atoms with Crippen molar-refractivity contribution in [3.05, 3.63) is 101 Å². The summed E-state index contributed by atoms with van der Waals surface area (Å²) in [6, 6.07) is 19.3. The Bertz CT molecular complexity index is 1280. The lowest BCUT2D eigenvalue weighted by Crippen LogP contribution is -2.42. The van der Waals surface area contributed by atoms with Crippen molar-refractivity contribution in [2.45, 2.75) is 38.6 Å². The van der Waals surface area contributed by atoms with Gasteiger partial charge in [-0.3, -0.25) is 9.80 Å². The summed E-state index contributed by atoms with van der Waals surface area (Å²) in [6.07, 6.45) is 2.09. The van der Waals surface area contributed by atoms with Gasteiger partial charge in [0.2, 0.25) is 5.91 Å². The smallest absolute Gasteiger partial charge is 0.232 e. The molecule has 5 rings (SSSR count). The third-order valence-electron chi connectivity index (χ3n) is 6.79. The largest absolute Gasteiger partial charge is 0.342 e. The number of amides is 1. The second-order valence-corrected chi connectivity index (χ2v) is 9.46. The van der Waals surface area contributed by atoms with E-state index in [1.807, 2.05) is 67.3 Å². The maximum atomic E-state index is 14.6. The maximum Gasteiger partial charge on any atom is 0.232 e. The molecule has 2 aliphatic heterocycles. The van der Waals surface area contributed by atoms with E-state index in [9.17, 15) is 13.6 Å². The molecule has 0 bridgehead atoms. The molecule has 1 saturated heterocycles. The molecular formula is C28H27F2N3O. The minimum Gasteiger partial charge on any atom is -0.342 e. The van der Waals surface area contributed by atoms with Crippen molar-refractivity contribution in [2.75, 3.05) is 18.1 Å². The fourth-order valence-corrected chi connectivity index (χ4v) is 4.80. The second kappa shape index (κ2) is 8.67. The number of hydrogen-bond donors (Lipinski definition) is 0. The van der Waals surface area contributed by atoms with E-state index < -0.39 is 17.0 Å². The third-order valence-corrected chi connectivity index (χ3v) is 6.79. The second-order valence-electron chi connectivity index (χ2n) is 9.46. The molecule has 3 aromatic rings. The van der Waals surface area contributed by atoms with Crippen LogP contribution in [0.5, 0.6) is 0 Å². The van der Waals surface area contributed by atoms with Gasteiger partial charge in [0.1, 0.15) is 5.82 Å². The predicted molar refractivity (Wildman–Crippen MR) is 130 cm³/mol. The van der Waals surface area contributed by atoms with Crippen molar-refractivity contribution >= 4 is 17.3 Å². The van der Waals surface area contributed by atoms with Crippen LogP contribution in [0.25, 0.3) is 0 Å². The summed E-state index contributed by atoms with van der Waals surface area (Å²) < 4.78 is 28.1. The van der Waals surface area contributed by atoms with E-state index in [2.05, 4.69) is 0 Å². The van der Waals surface area contributed by atoms with E-state index in [1.165, 1.54) is 12.1 Å².